The van der Waals surface area contributed by atoms with Crippen molar-refractivity contribution in [3.05, 3.63) is 18.0 Å². The average Bonchev–Trinajstić information content (AvgIpc) is 2.34. The molecule has 11 heavy (non-hydrogen) atoms. The third-order valence-corrected chi connectivity index (χ3v) is 1.24. The predicted octanol–water partition coefficient (Wildman–Crippen LogP) is -0.0183. The first-order valence-electron chi connectivity index (χ1n) is 2.98. The zero-order valence-electron chi connectivity index (χ0n) is 5.73. The Balaban J connectivity index is 2.72. The lowest BCUT2D eigenvalue weighted by Crippen LogP contribution is -2.16. The molecule has 5 heteroatoms. The van der Waals surface area contributed by atoms with Gasteiger partial charge in [0.15, 0.2) is 6.29 Å². The SMILES string of the molecule is NC(=S)Cn1cc(C=O)cn1. The van der Waals surface area contributed by atoms with Crippen LogP contribution in [-0.4, -0.2) is 21.1 Å². The van der Waals surface area contributed by atoms with E-state index in [0.717, 1.165) is 6.29 Å². The molecule has 58 valence electrons. The van der Waals surface area contributed by atoms with Crippen LogP contribution in [0.2, 0.25) is 0 Å². The normalized spacial score (nSPS) is 9.45. The predicted molar refractivity (Wildman–Crippen MR) is 44.4 cm³/mol. The maximum absolute atomic E-state index is 10.2. The maximum Gasteiger partial charge on any atom is 0.153 e. The highest BCUT2D eigenvalue weighted by atomic mass is 32.1. The summed E-state index contributed by atoms with van der Waals surface area (Å²) in [5.74, 6) is 0. The highest BCUT2D eigenvalue weighted by molar-refractivity contribution is 7.80. The van der Waals surface area contributed by atoms with Gasteiger partial charge in [-0.1, -0.05) is 12.2 Å². The van der Waals surface area contributed by atoms with Crippen LogP contribution in [0.1, 0.15) is 10.4 Å². The van der Waals surface area contributed by atoms with Gasteiger partial charge in [-0.25, -0.2) is 0 Å². The molecule has 0 aromatic carbocycles. The minimum atomic E-state index is 0.352. The first-order valence-corrected chi connectivity index (χ1v) is 3.39. The third-order valence-electron chi connectivity index (χ3n) is 1.11. The Morgan fingerprint density at radius 1 is 1.91 bits per heavy atom. The Hall–Kier alpha value is -1.23. The quantitative estimate of drug-likeness (QED) is 0.510. The molecule has 0 amide bonds. The van der Waals surface area contributed by atoms with Gasteiger partial charge in [-0.2, -0.15) is 5.10 Å². The molecule has 0 aliphatic carbocycles. The van der Waals surface area contributed by atoms with E-state index in [2.05, 4.69) is 17.3 Å². The number of aldehydes is 1. The van der Waals surface area contributed by atoms with Crippen molar-refractivity contribution >= 4 is 23.5 Å². The summed E-state index contributed by atoms with van der Waals surface area (Å²) in [7, 11) is 0. The second kappa shape index (κ2) is 3.25. The van der Waals surface area contributed by atoms with Crippen molar-refractivity contribution in [1.29, 1.82) is 0 Å². The summed E-state index contributed by atoms with van der Waals surface area (Å²) in [4.78, 5) is 10.5. The second-order valence-electron chi connectivity index (χ2n) is 2.06. The largest absolute Gasteiger partial charge is 0.392 e. The molecular weight excluding hydrogens is 162 g/mol. The molecule has 1 aromatic heterocycles. The van der Waals surface area contributed by atoms with Crippen LogP contribution in [0.3, 0.4) is 0 Å². The van der Waals surface area contributed by atoms with Gasteiger partial charge in [-0.3, -0.25) is 9.48 Å². The zero-order chi connectivity index (χ0) is 8.27. The molecule has 2 N–H and O–H groups in total. The number of carbonyl (C=O) groups excluding carboxylic acids is 1. The van der Waals surface area contributed by atoms with Crippen LogP contribution in [0, 0.1) is 0 Å². The van der Waals surface area contributed by atoms with E-state index >= 15 is 0 Å². The highest BCUT2D eigenvalue weighted by Crippen LogP contribution is 1.92. The lowest BCUT2D eigenvalue weighted by atomic mass is 10.4. The Morgan fingerprint density at radius 3 is 3.09 bits per heavy atom. The van der Waals surface area contributed by atoms with Crippen molar-refractivity contribution in [3.63, 3.8) is 0 Å². The molecule has 1 heterocycles. The van der Waals surface area contributed by atoms with E-state index in [4.69, 9.17) is 5.73 Å². The molecule has 1 rings (SSSR count). The van der Waals surface area contributed by atoms with Crippen LogP contribution in [-0.2, 0) is 6.54 Å². The van der Waals surface area contributed by atoms with Crippen LogP contribution in [0.15, 0.2) is 12.4 Å². The first kappa shape index (κ1) is 7.87. The number of carbonyl (C=O) groups is 1. The molecule has 0 bridgehead atoms. The molecule has 4 nitrogen and oxygen atoms in total. The van der Waals surface area contributed by atoms with Crippen molar-refractivity contribution in [2.75, 3.05) is 0 Å². The highest BCUT2D eigenvalue weighted by Gasteiger charge is 1.96. The number of rotatable bonds is 3. The molecular formula is C6H7N3OS. The van der Waals surface area contributed by atoms with Gasteiger partial charge >= 0.3 is 0 Å². The van der Waals surface area contributed by atoms with Crippen molar-refractivity contribution in [2.45, 2.75) is 6.54 Å². The van der Waals surface area contributed by atoms with Gasteiger partial charge in [0.2, 0.25) is 0 Å². The smallest absolute Gasteiger partial charge is 0.153 e. The molecule has 0 unspecified atom stereocenters. The first-order chi connectivity index (χ1) is 5.22. The summed E-state index contributed by atoms with van der Waals surface area (Å²) < 4.78 is 1.52. The molecule has 0 radical (unpaired) electrons. The summed E-state index contributed by atoms with van der Waals surface area (Å²) >= 11 is 4.65. The number of nitrogens with two attached hydrogens (primary N) is 1. The zero-order valence-corrected chi connectivity index (χ0v) is 6.54. The minimum absolute atomic E-state index is 0.352. The Kier molecular flexibility index (Phi) is 2.32. The standard InChI is InChI=1S/C6H7N3OS/c7-6(11)3-9-2-5(4-10)1-8-9/h1-2,4H,3H2,(H2,7,11). The van der Waals surface area contributed by atoms with Gasteiger partial charge in [0.1, 0.15) is 0 Å². The van der Waals surface area contributed by atoms with E-state index < -0.39 is 0 Å². The third kappa shape index (κ3) is 2.12. The fourth-order valence-corrected chi connectivity index (χ4v) is 0.819. The lowest BCUT2D eigenvalue weighted by molar-refractivity contribution is 0.112. The molecule has 0 fully saturated rings. The molecule has 0 aliphatic heterocycles. The topological polar surface area (TPSA) is 60.9 Å². The van der Waals surface area contributed by atoms with E-state index in [1.165, 1.54) is 10.9 Å². The van der Waals surface area contributed by atoms with E-state index in [1.54, 1.807) is 6.20 Å². The molecule has 0 saturated carbocycles. The number of thiocarbonyl (C=S) groups is 1. The summed E-state index contributed by atoms with van der Waals surface area (Å²) in [6.07, 6.45) is 3.78. The van der Waals surface area contributed by atoms with E-state index in [9.17, 15) is 4.79 Å². The van der Waals surface area contributed by atoms with Crippen molar-refractivity contribution < 1.29 is 4.79 Å². The van der Waals surface area contributed by atoms with Crippen LogP contribution in [0.25, 0.3) is 0 Å². The Labute approximate surface area is 69.0 Å². The Bertz CT molecular complexity index is 281. The molecule has 0 spiro atoms. The van der Waals surface area contributed by atoms with E-state index in [-0.39, 0.29) is 0 Å². The number of aromatic nitrogens is 2. The van der Waals surface area contributed by atoms with Crippen LogP contribution in [0.5, 0.6) is 0 Å². The van der Waals surface area contributed by atoms with Gasteiger partial charge in [-0.05, 0) is 0 Å². The van der Waals surface area contributed by atoms with E-state index in [0.29, 0.717) is 17.1 Å². The van der Waals surface area contributed by atoms with Crippen LogP contribution in [0.4, 0.5) is 0 Å². The van der Waals surface area contributed by atoms with Gasteiger partial charge in [0, 0.05) is 6.20 Å². The number of nitrogens with zero attached hydrogens (tertiary/aromatic N) is 2. The van der Waals surface area contributed by atoms with Gasteiger partial charge in [0.05, 0.1) is 23.3 Å². The maximum atomic E-state index is 10.2. The summed E-state index contributed by atoms with van der Waals surface area (Å²) in [6, 6.07) is 0. The van der Waals surface area contributed by atoms with Crippen molar-refractivity contribution in [2.24, 2.45) is 5.73 Å². The fourth-order valence-electron chi connectivity index (χ4n) is 0.687. The summed E-state index contributed by atoms with van der Waals surface area (Å²) in [6.45, 7) is 0.378. The Morgan fingerprint density at radius 2 is 2.64 bits per heavy atom. The number of hydrogen-bond acceptors (Lipinski definition) is 3. The van der Waals surface area contributed by atoms with Gasteiger partial charge in [-0.15, -0.1) is 0 Å². The van der Waals surface area contributed by atoms with Crippen LogP contribution < -0.4 is 5.73 Å². The molecule has 0 atom stereocenters. The average molecular weight is 169 g/mol. The van der Waals surface area contributed by atoms with Crippen molar-refractivity contribution in [1.82, 2.24) is 9.78 Å². The number of hydrogen-bond donors (Lipinski definition) is 1. The fraction of sp³-hybridized carbons (Fsp3) is 0.167. The lowest BCUT2D eigenvalue weighted by Gasteiger charge is -1.95. The van der Waals surface area contributed by atoms with Gasteiger partial charge < -0.3 is 5.73 Å². The molecule has 0 aliphatic rings. The molecule has 1 aromatic rings. The minimum Gasteiger partial charge on any atom is -0.392 e. The van der Waals surface area contributed by atoms with Gasteiger partial charge in [0.25, 0.3) is 0 Å². The summed E-state index contributed by atoms with van der Waals surface area (Å²) in [5.41, 5.74) is 5.79. The molecule has 0 saturated heterocycles. The second-order valence-corrected chi connectivity index (χ2v) is 2.58. The van der Waals surface area contributed by atoms with E-state index in [1.807, 2.05) is 0 Å². The summed E-state index contributed by atoms with van der Waals surface area (Å²) in [5, 5.41) is 3.85. The van der Waals surface area contributed by atoms with Crippen LogP contribution >= 0.6 is 12.2 Å². The van der Waals surface area contributed by atoms with Crippen molar-refractivity contribution in [3.8, 4) is 0 Å². The monoisotopic (exact) mass is 169 g/mol.